The van der Waals surface area contributed by atoms with Gasteiger partial charge in [-0.3, -0.25) is 4.98 Å². The standard InChI is InChI=1S/C12H17N5O2S2/c1-16(2)21(18,19)10-11(13)15-20-12(10)17(3)8-9-6-4-5-7-14-9/h4-7H,8H2,1-3H3,(H2,13,15). The van der Waals surface area contributed by atoms with Gasteiger partial charge in [-0.2, -0.15) is 4.37 Å². The highest BCUT2D eigenvalue weighted by atomic mass is 32.2. The zero-order valence-electron chi connectivity index (χ0n) is 12.0. The van der Waals surface area contributed by atoms with Crippen LogP contribution >= 0.6 is 11.5 Å². The predicted molar refractivity (Wildman–Crippen MR) is 83.7 cm³/mol. The van der Waals surface area contributed by atoms with E-state index in [1.165, 1.54) is 14.1 Å². The number of nitrogen functional groups attached to an aromatic ring is 1. The van der Waals surface area contributed by atoms with Gasteiger partial charge in [-0.15, -0.1) is 0 Å². The molecule has 114 valence electrons. The minimum atomic E-state index is -3.64. The summed E-state index contributed by atoms with van der Waals surface area (Å²) in [6, 6.07) is 5.59. The molecule has 0 aromatic carbocycles. The van der Waals surface area contributed by atoms with E-state index in [1.807, 2.05) is 18.2 Å². The number of nitrogens with two attached hydrogens (primary N) is 1. The van der Waals surface area contributed by atoms with E-state index >= 15 is 0 Å². The number of hydrogen-bond acceptors (Lipinski definition) is 7. The zero-order chi connectivity index (χ0) is 15.6. The molecule has 0 saturated carbocycles. The Kier molecular flexibility index (Phi) is 4.45. The van der Waals surface area contributed by atoms with Gasteiger partial charge in [-0.05, 0) is 23.7 Å². The van der Waals surface area contributed by atoms with Crippen LogP contribution in [0.1, 0.15) is 5.69 Å². The quantitative estimate of drug-likeness (QED) is 0.881. The molecule has 0 bridgehead atoms. The molecule has 2 heterocycles. The molecule has 2 aromatic heterocycles. The van der Waals surface area contributed by atoms with E-state index in [1.54, 1.807) is 18.1 Å². The van der Waals surface area contributed by atoms with Crippen molar-refractivity contribution in [2.45, 2.75) is 11.4 Å². The summed E-state index contributed by atoms with van der Waals surface area (Å²) < 4.78 is 29.8. The minimum Gasteiger partial charge on any atom is -0.382 e. The second-order valence-corrected chi connectivity index (χ2v) is 7.51. The molecule has 2 rings (SSSR count). The molecule has 0 spiro atoms. The Labute approximate surface area is 128 Å². The van der Waals surface area contributed by atoms with E-state index < -0.39 is 10.0 Å². The third-order valence-corrected chi connectivity index (χ3v) is 5.85. The predicted octanol–water partition coefficient (Wildman–Crippen LogP) is 1.01. The maximum absolute atomic E-state index is 12.4. The van der Waals surface area contributed by atoms with Gasteiger partial charge < -0.3 is 10.6 Å². The highest BCUT2D eigenvalue weighted by Crippen LogP contribution is 2.35. The smallest absolute Gasteiger partial charge is 0.249 e. The highest BCUT2D eigenvalue weighted by Gasteiger charge is 2.29. The summed E-state index contributed by atoms with van der Waals surface area (Å²) in [5, 5.41) is 0.506. The van der Waals surface area contributed by atoms with Crippen molar-refractivity contribution in [3.63, 3.8) is 0 Å². The van der Waals surface area contributed by atoms with Crippen LogP contribution in [0.5, 0.6) is 0 Å². The van der Waals surface area contributed by atoms with Crippen molar-refractivity contribution in [3.8, 4) is 0 Å². The van der Waals surface area contributed by atoms with Gasteiger partial charge >= 0.3 is 0 Å². The fraction of sp³-hybridized carbons (Fsp3) is 0.333. The molecule has 21 heavy (non-hydrogen) atoms. The van der Waals surface area contributed by atoms with Gasteiger partial charge in [-0.25, -0.2) is 12.7 Å². The molecule has 0 aliphatic carbocycles. The molecule has 0 atom stereocenters. The topological polar surface area (TPSA) is 92.4 Å². The summed E-state index contributed by atoms with van der Waals surface area (Å²) in [4.78, 5) is 6.07. The SMILES string of the molecule is CN(Cc1ccccn1)c1snc(N)c1S(=O)(=O)N(C)C. The van der Waals surface area contributed by atoms with Crippen LogP contribution in [-0.4, -0.2) is 43.2 Å². The van der Waals surface area contributed by atoms with Crippen molar-refractivity contribution < 1.29 is 8.42 Å². The first kappa shape index (κ1) is 15.7. The number of hydrogen-bond donors (Lipinski definition) is 1. The van der Waals surface area contributed by atoms with Crippen LogP contribution in [0.25, 0.3) is 0 Å². The summed E-state index contributed by atoms with van der Waals surface area (Å²) in [5.74, 6) is 0.0246. The molecule has 2 N–H and O–H groups in total. The molecule has 0 aliphatic rings. The lowest BCUT2D eigenvalue weighted by Crippen LogP contribution is -2.25. The van der Waals surface area contributed by atoms with Gasteiger partial charge in [0.25, 0.3) is 0 Å². The third-order valence-electron chi connectivity index (χ3n) is 2.87. The highest BCUT2D eigenvalue weighted by molar-refractivity contribution is 7.89. The lowest BCUT2D eigenvalue weighted by molar-refractivity contribution is 0.521. The van der Waals surface area contributed by atoms with E-state index in [9.17, 15) is 8.42 Å². The Morgan fingerprint density at radius 2 is 2.00 bits per heavy atom. The number of aromatic nitrogens is 2. The Balaban J connectivity index is 2.38. The molecule has 0 aliphatic heterocycles. The van der Waals surface area contributed by atoms with Crippen molar-refractivity contribution in [1.82, 2.24) is 13.7 Å². The zero-order valence-corrected chi connectivity index (χ0v) is 13.6. The maximum Gasteiger partial charge on any atom is 0.249 e. The molecule has 0 saturated heterocycles. The molecule has 0 amide bonds. The maximum atomic E-state index is 12.4. The second kappa shape index (κ2) is 5.96. The second-order valence-electron chi connectivity index (χ2n) is 4.67. The van der Waals surface area contributed by atoms with Crippen molar-refractivity contribution in [2.75, 3.05) is 31.8 Å². The Hall–Kier alpha value is -1.71. The Morgan fingerprint density at radius 3 is 2.57 bits per heavy atom. The summed E-state index contributed by atoms with van der Waals surface area (Å²) in [7, 11) is 1.08. The van der Waals surface area contributed by atoms with Gasteiger partial charge in [0.2, 0.25) is 10.0 Å². The van der Waals surface area contributed by atoms with Crippen molar-refractivity contribution in [1.29, 1.82) is 0 Å². The van der Waals surface area contributed by atoms with Crippen molar-refractivity contribution >= 4 is 32.4 Å². The van der Waals surface area contributed by atoms with Crippen LogP contribution in [0.3, 0.4) is 0 Å². The van der Waals surface area contributed by atoms with Crippen LogP contribution in [0, 0.1) is 0 Å². The average molecular weight is 327 g/mol. The van der Waals surface area contributed by atoms with Crippen LogP contribution in [0.4, 0.5) is 10.8 Å². The van der Waals surface area contributed by atoms with Gasteiger partial charge in [0, 0.05) is 27.3 Å². The van der Waals surface area contributed by atoms with E-state index in [0.29, 0.717) is 11.5 Å². The lowest BCUT2D eigenvalue weighted by atomic mass is 10.3. The third kappa shape index (κ3) is 3.14. The van der Waals surface area contributed by atoms with E-state index in [0.717, 1.165) is 21.5 Å². The summed E-state index contributed by atoms with van der Waals surface area (Å²) in [5.41, 5.74) is 6.58. The average Bonchev–Trinajstić information content (AvgIpc) is 2.82. The van der Waals surface area contributed by atoms with Gasteiger partial charge in [-0.1, -0.05) is 6.07 Å². The fourth-order valence-corrected chi connectivity index (χ4v) is 3.96. The molecule has 2 aromatic rings. The first-order chi connectivity index (χ1) is 9.84. The Morgan fingerprint density at radius 1 is 1.29 bits per heavy atom. The van der Waals surface area contributed by atoms with Crippen molar-refractivity contribution in [2.24, 2.45) is 0 Å². The number of rotatable bonds is 5. The van der Waals surface area contributed by atoms with Gasteiger partial charge in [0.15, 0.2) is 10.7 Å². The fourth-order valence-electron chi connectivity index (χ4n) is 1.76. The number of sulfonamides is 1. The number of nitrogens with zero attached hydrogens (tertiary/aromatic N) is 4. The summed E-state index contributed by atoms with van der Waals surface area (Å²) in [6.07, 6.45) is 1.70. The van der Waals surface area contributed by atoms with Crippen molar-refractivity contribution in [3.05, 3.63) is 30.1 Å². The van der Waals surface area contributed by atoms with E-state index in [-0.39, 0.29) is 10.7 Å². The number of anilines is 2. The van der Waals surface area contributed by atoms with Crippen LogP contribution in [0.15, 0.2) is 29.3 Å². The number of pyridine rings is 1. The first-order valence-electron chi connectivity index (χ1n) is 6.12. The van der Waals surface area contributed by atoms with E-state index in [4.69, 9.17) is 5.73 Å². The molecule has 7 nitrogen and oxygen atoms in total. The van der Waals surface area contributed by atoms with Gasteiger partial charge in [0.05, 0.1) is 12.2 Å². The summed E-state index contributed by atoms with van der Waals surface area (Å²) in [6.45, 7) is 0.471. The molecular formula is C12H17N5O2S2. The molecular weight excluding hydrogens is 310 g/mol. The molecule has 0 radical (unpaired) electrons. The minimum absolute atomic E-state index is 0.0246. The lowest BCUT2D eigenvalue weighted by Gasteiger charge is -2.19. The van der Waals surface area contributed by atoms with Gasteiger partial charge in [0.1, 0.15) is 5.00 Å². The monoisotopic (exact) mass is 327 g/mol. The van der Waals surface area contributed by atoms with Crippen LogP contribution in [0.2, 0.25) is 0 Å². The molecule has 0 fully saturated rings. The van der Waals surface area contributed by atoms with Crippen LogP contribution in [-0.2, 0) is 16.6 Å². The largest absolute Gasteiger partial charge is 0.382 e. The summed E-state index contributed by atoms with van der Waals surface area (Å²) >= 11 is 1.07. The normalized spacial score (nSPS) is 11.8. The van der Waals surface area contributed by atoms with E-state index in [2.05, 4.69) is 9.36 Å². The Bertz CT molecular complexity index is 713. The van der Waals surface area contributed by atoms with Crippen LogP contribution < -0.4 is 10.6 Å². The molecule has 0 unspecified atom stereocenters. The first-order valence-corrected chi connectivity index (χ1v) is 8.34. The molecule has 9 heteroatoms.